The first-order chi connectivity index (χ1) is 10.6. The second-order valence-electron chi connectivity index (χ2n) is 5.25. The number of carbonyl (C=O) groups excluding carboxylic acids is 1. The van der Waals surface area contributed by atoms with Gasteiger partial charge in [-0.3, -0.25) is 4.79 Å². The molecule has 0 saturated carbocycles. The van der Waals surface area contributed by atoms with Gasteiger partial charge in [0.1, 0.15) is 17.0 Å². The Hall–Kier alpha value is -1.88. The molecule has 0 aromatic heterocycles. The van der Waals surface area contributed by atoms with Crippen LogP contribution >= 0.6 is 11.8 Å². The second-order valence-corrected chi connectivity index (χ2v) is 6.44. The maximum absolute atomic E-state index is 14.0. The van der Waals surface area contributed by atoms with Crippen molar-refractivity contribution in [2.75, 3.05) is 12.3 Å². The molecule has 0 radical (unpaired) electrons. The summed E-state index contributed by atoms with van der Waals surface area (Å²) in [5, 5.41) is -0.408. The molecule has 1 atom stereocenters. The number of benzene rings is 2. The van der Waals surface area contributed by atoms with Gasteiger partial charge in [-0.25, -0.2) is 8.78 Å². The van der Waals surface area contributed by atoms with Crippen LogP contribution in [-0.4, -0.2) is 23.1 Å². The fourth-order valence-corrected chi connectivity index (χ4v) is 3.78. The average Bonchev–Trinajstić information content (AvgIpc) is 2.96. The Bertz CT molecular complexity index is 702. The van der Waals surface area contributed by atoms with Gasteiger partial charge in [-0.05, 0) is 25.1 Å². The number of rotatable bonds is 2. The number of thioether (sulfide) groups is 1. The molecule has 3 rings (SSSR count). The molecule has 0 unspecified atom stereocenters. The maximum Gasteiger partial charge on any atom is 0.255 e. The van der Waals surface area contributed by atoms with Crippen LogP contribution in [-0.2, 0) is 0 Å². The van der Waals surface area contributed by atoms with E-state index in [9.17, 15) is 13.6 Å². The van der Waals surface area contributed by atoms with E-state index in [2.05, 4.69) is 0 Å². The Balaban J connectivity index is 1.89. The van der Waals surface area contributed by atoms with Gasteiger partial charge in [0.05, 0.1) is 0 Å². The van der Waals surface area contributed by atoms with Gasteiger partial charge >= 0.3 is 0 Å². The number of aryl methyl sites for hydroxylation is 1. The molecule has 1 amide bonds. The number of nitrogens with zero attached hydrogens (tertiary/aromatic N) is 1. The van der Waals surface area contributed by atoms with E-state index in [-0.39, 0.29) is 5.91 Å². The van der Waals surface area contributed by atoms with E-state index in [0.29, 0.717) is 17.7 Å². The second kappa shape index (κ2) is 6.08. The van der Waals surface area contributed by atoms with Crippen molar-refractivity contribution >= 4 is 17.7 Å². The van der Waals surface area contributed by atoms with E-state index in [1.807, 2.05) is 19.1 Å². The number of hydrogen-bond acceptors (Lipinski definition) is 2. The lowest BCUT2D eigenvalue weighted by Gasteiger charge is -2.24. The molecule has 2 nitrogen and oxygen atoms in total. The normalized spacial score (nSPS) is 17.8. The Morgan fingerprint density at radius 3 is 2.59 bits per heavy atom. The molecule has 1 fully saturated rings. The molecule has 2 aromatic carbocycles. The molecule has 0 spiro atoms. The quantitative estimate of drug-likeness (QED) is 0.828. The summed E-state index contributed by atoms with van der Waals surface area (Å²) in [6, 6.07) is 10.8. The van der Waals surface area contributed by atoms with E-state index in [4.69, 9.17) is 0 Å². The number of halogens is 2. The van der Waals surface area contributed by atoms with E-state index >= 15 is 0 Å². The average molecular weight is 319 g/mol. The van der Waals surface area contributed by atoms with Crippen molar-refractivity contribution in [1.82, 2.24) is 4.90 Å². The number of carbonyl (C=O) groups is 1. The maximum atomic E-state index is 14.0. The van der Waals surface area contributed by atoms with Crippen molar-refractivity contribution in [3.8, 4) is 0 Å². The zero-order valence-electron chi connectivity index (χ0n) is 12.1. The van der Waals surface area contributed by atoms with Crippen LogP contribution in [0.5, 0.6) is 0 Å². The van der Waals surface area contributed by atoms with Crippen molar-refractivity contribution in [3.05, 3.63) is 70.8 Å². The highest BCUT2D eigenvalue weighted by atomic mass is 32.2. The first-order valence-electron chi connectivity index (χ1n) is 7.00. The molecule has 22 heavy (non-hydrogen) atoms. The van der Waals surface area contributed by atoms with Crippen molar-refractivity contribution in [1.29, 1.82) is 0 Å². The van der Waals surface area contributed by atoms with Gasteiger partial charge in [0.25, 0.3) is 5.91 Å². The predicted molar refractivity (Wildman–Crippen MR) is 83.8 cm³/mol. The molecule has 114 valence electrons. The van der Waals surface area contributed by atoms with Gasteiger partial charge in [-0.2, -0.15) is 0 Å². The third kappa shape index (κ3) is 2.86. The summed E-state index contributed by atoms with van der Waals surface area (Å²) < 4.78 is 27.1. The third-order valence-corrected chi connectivity index (χ3v) is 4.92. The van der Waals surface area contributed by atoms with Crippen LogP contribution < -0.4 is 0 Å². The van der Waals surface area contributed by atoms with Crippen LogP contribution in [0.3, 0.4) is 0 Å². The highest BCUT2D eigenvalue weighted by Gasteiger charge is 2.32. The summed E-state index contributed by atoms with van der Waals surface area (Å²) in [6.45, 7) is 2.51. The first kappa shape index (κ1) is 15.0. The van der Waals surface area contributed by atoms with Crippen LogP contribution in [0.25, 0.3) is 0 Å². The Morgan fingerprint density at radius 2 is 1.91 bits per heavy atom. The van der Waals surface area contributed by atoms with Crippen molar-refractivity contribution in [3.63, 3.8) is 0 Å². The highest BCUT2D eigenvalue weighted by molar-refractivity contribution is 7.99. The molecule has 2 aromatic rings. The van der Waals surface area contributed by atoms with E-state index < -0.39 is 17.0 Å². The first-order valence-corrected chi connectivity index (χ1v) is 8.05. The molecular weight excluding hydrogens is 304 g/mol. The van der Waals surface area contributed by atoms with Crippen LogP contribution in [0.2, 0.25) is 0 Å². The largest absolute Gasteiger partial charge is 0.322 e. The summed E-state index contributed by atoms with van der Waals surface area (Å²) in [5.41, 5.74) is 2.01. The molecular formula is C17H15F2NOS. The fraction of sp³-hybridized carbons (Fsp3) is 0.235. The van der Waals surface area contributed by atoms with Gasteiger partial charge < -0.3 is 4.90 Å². The van der Waals surface area contributed by atoms with Crippen molar-refractivity contribution in [2.24, 2.45) is 0 Å². The lowest BCUT2D eigenvalue weighted by Crippen LogP contribution is -2.30. The summed E-state index contributed by atoms with van der Waals surface area (Å²) in [7, 11) is 0. The van der Waals surface area contributed by atoms with Crippen LogP contribution in [0.15, 0.2) is 42.5 Å². The Morgan fingerprint density at radius 1 is 1.18 bits per heavy atom. The third-order valence-electron chi connectivity index (χ3n) is 3.68. The molecule has 1 aliphatic heterocycles. The molecule has 1 saturated heterocycles. The van der Waals surface area contributed by atoms with Crippen molar-refractivity contribution < 1.29 is 13.6 Å². The smallest absolute Gasteiger partial charge is 0.255 e. The Kier molecular flexibility index (Phi) is 4.16. The number of amides is 1. The standard InChI is InChI=1S/C17H15F2NOS/c1-11-2-4-12(5-3-11)16(21)20-8-9-22-17(20)14-7-6-13(18)10-15(14)19/h2-7,10,17H,8-9H2,1H3/t17-/m1/s1. The fourth-order valence-electron chi connectivity index (χ4n) is 2.50. The summed E-state index contributed by atoms with van der Waals surface area (Å²) >= 11 is 1.49. The molecule has 5 heteroatoms. The SMILES string of the molecule is Cc1ccc(C(=O)N2CCS[C@@H]2c2ccc(F)cc2F)cc1. The minimum atomic E-state index is -0.611. The van der Waals surface area contributed by atoms with Gasteiger partial charge in [0, 0.05) is 29.5 Å². The van der Waals surface area contributed by atoms with Crippen LogP contribution in [0, 0.1) is 18.6 Å². The van der Waals surface area contributed by atoms with E-state index in [1.54, 1.807) is 17.0 Å². The monoisotopic (exact) mass is 319 g/mol. The lowest BCUT2D eigenvalue weighted by atomic mass is 10.1. The number of hydrogen-bond donors (Lipinski definition) is 0. The lowest BCUT2D eigenvalue weighted by molar-refractivity contribution is 0.0759. The van der Waals surface area contributed by atoms with Crippen LogP contribution in [0.1, 0.15) is 26.9 Å². The highest BCUT2D eigenvalue weighted by Crippen LogP contribution is 2.39. The predicted octanol–water partition coefficient (Wildman–Crippen LogP) is 4.16. The van der Waals surface area contributed by atoms with Gasteiger partial charge in [0.2, 0.25) is 0 Å². The minimum Gasteiger partial charge on any atom is -0.322 e. The molecule has 1 aliphatic rings. The van der Waals surface area contributed by atoms with Crippen LogP contribution in [0.4, 0.5) is 8.78 Å². The topological polar surface area (TPSA) is 20.3 Å². The summed E-state index contributed by atoms with van der Waals surface area (Å²) in [5.74, 6) is -0.612. The minimum absolute atomic E-state index is 0.126. The molecule has 0 aliphatic carbocycles. The summed E-state index contributed by atoms with van der Waals surface area (Å²) in [4.78, 5) is 14.3. The van der Waals surface area contributed by atoms with E-state index in [0.717, 1.165) is 17.4 Å². The van der Waals surface area contributed by atoms with Gasteiger partial charge in [0.15, 0.2) is 0 Å². The molecule has 1 heterocycles. The van der Waals surface area contributed by atoms with E-state index in [1.165, 1.54) is 23.9 Å². The van der Waals surface area contributed by atoms with Gasteiger partial charge in [-0.15, -0.1) is 11.8 Å². The zero-order valence-corrected chi connectivity index (χ0v) is 12.9. The Labute approximate surface area is 132 Å². The molecule has 0 N–H and O–H groups in total. The summed E-state index contributed by atoms with van der Waals surface area (Å²) in [6.07, 6.45) is 0. The molecule has 0 bridgehead atoms. The van der Waals surface area contributed by atoms with Crippen molar-refractivity contribution in [2.45, 2.75) is 12.3 Å². The zero-order chi connectivity index (χ0) is 15.7. The van der Waals surface area contributed by atoms with Gasteiger partial charge in [-0.1, -0.05) is 23.8 Å².